The van der Waals surface area contributed by atoms with Gasteiger partial charge in [0.25, 0.3) is 0 Å². The van der Waals surface area contributed by atoms with E-state index in [9.17, 15) is 0 Å². The van der Waals surface area contributed by atoms with Gasteiger partial charge in [0.1, 0.15) is 0 Å². The predicted octanol–water partition coefficient (Wildman–Crippen LogP) is 4.20. The number of ether oxygens (including phenoxy) is 2. The van der Waals surface area contributed by atoms with E-state index in [0.717, 1.165) is 44.0 Å². The first-order valence-electron chi connectivity index (χ1n) is 8.82. The highest BCUT2D eigenvalue weighted by Gasteiger charge is 2.07. The SMILES string of the molecule is CCN(CC)CCc1ccc(OC)c(OCCc2ccccc2)c1. The van der Waals surface area contributed by atoms with Gasteiger partial charge in [-0.25, -0.2) is 0 Å². The van der Waals surface area contributed by atoms with Crippen LogP contribution in [-0.2, 0) is 12.8 Å². The van der Waals surface area contributed by atoms with Gasteiger partial charge in [0.2, 0.25) is 0 Å². The van der Waals surface area contributed by atoms with Gasteiger partial charge in [-0.15, -0.1) is 0 Å². The maximum Gasteiger partial charge on any atom is 0.161 e. The number of methoxy groups -OCH3 is 1. The van der Waals surface area contributed by atoms with Crippen LogP contribution in [0, 0.1) is 0 Å². The number of hydrogen-bond acceptors (Lipinski definition) is 3. The van der Waals surface area contributed by atoms with Crippen LogP contribution in [0.4, 0.5) is 0 Å². The summed E-state index contributed by atoms with van der Waals surface area (Å²) in [5, 5.41) is 0. The minimum atomic E-state index is 0.653. The zero-order valence-corrected chi connectivity index (χ0v) is 15.1. The van der Waals surface area contributed by atoms with Crippen LogP contribution in [0.15, 0.2) is 48.5 Å². The van der Waals surface area contributed by atoms with Gasteiger partial charge in [0, 0.05) is 13.0 Å². The van der Waals surface area contributed by atoms with Crippen LogP contribution >= 0.6 is 0 Å². The fourth-order valence-corrected chi connectivity index (χ4v) is 2.74. The Morgan fingerprint density at radius 2 is 1.58 bits per heavy atom. The van der Waals surface area contributed by atoms with Gasteiger partial charge in [0.05, 0.1) is 13.7 Å². The van der Waals surface area contributed by atoms with E-state index in [0.29, 0.717) is 6.61 Å². The number of rotatable bonds is 10. The van der Waals surface area contributed by atoms with Crippen molar-refractivity contribution in [1.82, 2.24) is 4.90 Å². The molecule has 0 aromatic heterocycles. The lowest BCUT2D eigenvalue weighted by Crippen LogP contribution is -2.25. The van der Waals surface area contributed by atoms with E-state index < -0.39 is 0 Å². The van der Waals surface area contributed by atoms with Crippen LogP contribution in [-0.4, -0.2) is 38.3 Å². The van der Waals surface area contributed by atoms with Crippen molar-refractivity contribution < 1.29 is 9.47 Å². The van der Waals surface area contributed by atoms with Crippen LogP contribution in [0.1, 0.15) is 25.0 Å². The molecule has 0 aliphatic rings. The lowest BCUT2D eigenvalue weighted by molar-refractivity contribution is 0.295. The minimum Gasteiger partial charge on any atom is -0.493 e. The van der Waals surface area contributed by atoms with Crippen LogP contribution < -0.4 is 9.47 Å². The van der Waals surface area contributed by atoms with Crippen LogP contribution in [0.2, 0.25) is 0 Å². The zero-order valence-electron chi connectivity index (χ0n) is 15.1. The third-order valence-corrected chi connectivity index (χ3v) is 4.33. The van der Waals surface area contributed by atoms with Gasteiger partial charge in [0.15, 0.2) is 11.5 Å². The van der Waals surface area contributed by atoms with E-state index in [1.165, 1.54) is 11.1 Å². The summed E-state index contributed by atoms with van der Waals surface area (Å²) in [6.45, 7) is 8.31. The fourth-order valence-electron chi connectivity index (χ4n) is 2.74. The van der Waals surface area contributed by atoms with Crippen molar-refractivity contribution in [2.75, 3.05) is 33.4 Å². The molecule has 0 fully saturated rings. The molecule has 0 amide bonds. The molecule has 0 aliphatic carbocycles. The fraction of sp³-hybridized carbons (Fsp3) is 0.429. The maximum absolute atomic E-state index is 5.99. The first-order chi connectivity index (χ1) is 11.8. The lowest BCUT2D eigenvalue weighted by Gasteiger charge is -2.18. The second-order valence-electron chi connectivity index (χ2n) is 5.85. The summed E-state index contributed by atoms with van der Waals surface area (Å²) < 4.78 is 11.4. The van der Waals surface area contributed by atoms with Crippen molar-refractivity contribution in [3.63, 3.8) is 0 Å². The molecule has 0 unspecified atom stereocenters. The van der Waals surface area contributed by atoms with E-state index >= 15 is 0 Å². The smallest absolute Gasteiger partial charge is 0.161 e. The van der Waals surface area contributed by atoms with Crippen molar-refractivity contribution in [3.05, 3.63) is 59.7 Å². The Hall–Kier alpha value is -2.00. The molecule has 0 heterocycles. The predicted molar refractivity (Wildman–Crippen MR) is 100 cm³/mol. The topological polar surface area (TPSA) is 21.7 Å². The van der Waals surface area contributed by atoms with Gasteiger partial charge < -0.3 is 14.4 Å². The number of likely N-dealkylation sites (N-methyl/N-ethyl adjacent to an activating group) is 1. The highest BCUT2D eigenvalue weighted by atomic mass is 16.5. The van der Waals surface area contributed by atoms with E-state index in [4.69, 9.17) is 9.47 Å². The molecule has 24 heavy (non-hydrogen) atoms. The molecule has 0 radical (unpaired) electrons. The van der Waals surface area contributed by atoms with Crippen molar-refractivity contribution in [1.29, 1.82) is 0 Å². The molecular formula is C21H29NO2. The summed E-state index contributed by atoms with van der Waals surface area (Å²) in [6, 6.07) is 16.7. The summed E-state index contributed by atoms with van der Waals surface area (Å²) >= 11 is 0. The molecule has 2 aromatic carbocycles. The van der Waals surface area contributed by atoms with Crippen molar-refractivity contribution in [2.45, 2.75) is 26.7 Å². The molecule has 3 nitrogen and oxygen atoms in total. The minimum absolute atomic E-state index is 0.653. The molecule has 0 atom stereocenters. The molecule has 0 bridgehead atoms. The Kier molecular flexibility index (Phi) is 7.63. The van der Waals surface area contributed by atoms with Crippen LogP contribution in [0.3, 0.4) is 0 Å². The Labute approximate surface area is 146 Å². The average molecular weight is 327 g/mol. The summed E-state index contributed by atoms with van der Waals surface area (Å²) in [5.74, 6) is 1.64. The summed E-state index contributed by atoms with van der Waals surface area (Å²) in [6.07, 6.45) is 1.92. The number of hydrogen-bond donors (Lipinski definition) is 0. The van der Waals surface area contributed by atoms with Crippen molar-refractivity contribution in [3.8, 4) is 11.5 Å². The molecule has 3 heteroatoms. The van der Waals surface area contributed by atoms with Crippen molar-refractivity contribution in [2.24, 2.45) is 0 Å². The first kappa shape index (κ1) is 18.3. The van der Waals surface area contributed by atoms with Gasteiger partial charge in [-0.05, 0) is 42.8 Å². The molecule has 0 saturated heterocycles. The second kappa shape index (κ2) is 9.99. The lowest BCUT2D eigenvalue weighted by atomic mass is 10.1. The Morgan fingerprint density at radius 3 is 2.25 bits per heavy atom. The van der Waals surface area contributed by atoms with E-state index in [2.05, 4.69) is 55.1 Å². The molecule has 0 saturated carbocycles. The van der Waals surface area contributed by atoms with E-state index in [1.54, 1.807) is 7.11 Å². The van der Waals surface area contributed by atoms with Gasteiger partial charge in [-0.2, -0.15) is 0 Å². The third-order valence-electron chi connectivity index (χ3n) is 4.33. The summed E-state index contributed by atoms with van der Waals surface area (Å²) in [4.78, 5) is 2.43. The van der Waals surface area contributed by atoms with Gasteiger partial charge in [-0.3, -0.25) is 0 Å². The van der Waals surface area contributed by atoms with E-state index in [1.807, 2.05) is 12.1 Å². The van der Waals surface area contributed by atoms with Gasteiger partial charge in [-0.1, -0.05) is 50.2 Å². The summed E-state index contributed by atoms with van der Waals surface area (Å²) in [7, 11) is 1.69. The average Bonchev–Trinajstić information content (AvgIpc) is 2.63. The third kappa shape index (κ3) is 5.57. The number of benzene rings is 2. The highest BCUT2D eigenvalue weighted by molar-refractivity contribution is 5.43. The van der Waals surface area contributed by atoms with Crippen LogP contribution in [0.5, 0.6) is 11.5 Å². The molecule has 130 valence electrons. The van der Waals surface area contributed by atoms with Crippen molar-refractivity contribution >= 4 is 0 Å². The van der Waals surface area contributed by atoms with Crippen LogP contribution in [0.25, 0.3) is 0 Å². The normalized spacial score (nSPS) is 10.8. The Balaban J connectivity index is 1.95. The second-order valence-corrected chi connectivity index (χ2v) is 5.85. The van der Waals surface area contributed by atoms with E-state index in [-0.39, 0.29) is 0 Å². The zero-order chi connectivity index (χ0) is 17.2. The molecule has 2 rings (SSSR count). The van der Waals surface area contributed by atoms with Gasteiger partial charge >= 0.3 is 0 Å². The standard InChI is InChI=1S/C21H29NO2/c1-4-22(5-2)15-13-19-11-12-20(23-3)21(17-19)24-16-14-18-9-7-6-8-10-18/h6-12,17H,4-5,13-16H2,1-3H3. The summed E-state index contributed by atoms with van der Waals surface area (Å²) in [5.41, 5.74) is 2.58. The molecule has 0 aliphatic heterocycles. The molecule has 2 aromatic rings. The Bertz CT molecular complexity index is 594. The monoisotopic (exact) mass is 327 g/mol. The number of nitrogens with zero attached hydrogens (tertiary/aromatic N) is 1. The Morgan fingerprint density at radius 1 is 0.833 bits per heavy atom. The highest BCUT2D eigenvalue weighted by Crippen LogP contribution is 2.28. The first-order valence-corrected chi connectivity index (χ1v) is 8.82. The quantitative estimate of drug-likeness (QED) is 0.653. The molecule has 0 spiro atoms. The molecule has 0 N–H and O–H groups in total. The molecular weight excluding hydrogens is 298 g/mol. The largest absolute Gasteiger partial charge is 0.493 e. The maximum atomic E-state index is 5.99.